The van der Waals surface area contributed by atoms with Crippen molar-refractivity contribution >= 4 is 11.9 Å². The van der Waals surface area contributed by atoms with E-state index in [0.717, 1.165) is 0 Å². The van der Waals surface area contributed by atoms with Gasteiger partial charge in [0.1, 0.15) is 0 Å². The fourth-order valence-electron chi connectivity index (χ4n) is 2.04. The number of carbonyl (C=O) groups is 2. The van der Waals surface area contributed by atoms with Crippen LogP contribution in [0.15, 0.2) is 0 Å². The Labute approximate surface area is 108 Å². The number of methoxy groups -OCH3 is 1. The third kappa shape index (κ3) is 3.96. The molecule has 0 spiro atoms. The van der Waals surface area contributed by atoms with E-state index >= 15 is 0 Å². The van der Waals surface area contributed by atoms with Crippen LogP contribution in [0, 0.1) is 5.92 Å². The molecule has 0 saturated carbocycles. The van der Waals surface area contributed by atoms with Gasteiger partial charge in [-0.25, -0.2) is 0 Å². The minimum Gasteiger partial charge on any atom is -0.469 e. The van der Waals surface area contributed by atoms with E-state index < -0.39 is 0 Å². The Morgan fingerprint density at radius 3 is 2.78 bits per heavy atom. The van der Waals surface area contributed by atoms with Crippen LogP contribution >= 0.6 is 0 Å². The average Bonchev–Trinajstić information content (AvgIpc) is 2.85. The second kappa shape index (κ2) is 7.33. The fourth-order valence-corrected chi connectivity index (χ4v) is 2.04. The molecule has 0 aromatic carbocycles. The number of hydrogen-bond acceptors (Lipinski definition) is 5. The lowest BCUT2D eigenvalue weighted by Crippen LogP contribution is -2.43. The van der Waals surface area contributed by atoms with Crippen LogP contribution in [0.5, 0.6) is 0 Å². The molecule has 1 fully saturated rings. The lowest BCUT2D eigenvalue weighted by atomic mass is 10.0. The second-order valence-corrected chi connectivity index (χ2v) is 4.48. The summed E-state index contributed by atoms with van der Waals surface area (Å²) in [5, 5.41) is 3.09. The highest BCUT2D eigenvalue weighted by atomic mass is 16.5. The number of carbonyl (C=O) groups excluding carboxylic acids is 2. The zero-order valence-electron chi connectivity index (χ0n) is 11.3. The van der Waals surface area contributed by atoms with Crippen molar-refractivity contribution in [1.82, 2.24) is 10.2 Å². The number of nitrogens with zero attached hydrogens (tertiary/aromatic N) is 1. The molecule has 2 atom stereocenters. The summed E-state index contributed by atoms with van der Waals surface area (Å²) in [6, 6.07) is 0.0838. The van der Waals surface area contributed by atoms with E-state index in [9.17, 15) is 9.59 Å². The first-order valence-corrected chi connectivity index (χ1v) is 6.17. The molecule has 0 radical (unpaired) electrons. The molecular formula is C12H22N2O4. The quantitative estimate of drug-likeness (QED) is 0.659. The summed E-state index contributed by atoms with van der Waals surface area (Å²) in [4.78, 5) is 24.8. The van der Waals surface area contributed by atoms with Crippen molar-refractivity contribution in [3.8, 4) is 0 Å². The van der Waals surface area contributed by atoms with Gasteiger partial charge in [0, 0.05) is 26.1 Å². The first kappa shape index (κ1) is 14.9. The monoisotopic (exact) mass is 258 g/mol. The molecule has 1 rings (SSSR count). The largest absolute Gasteiger partial charge is 0.469 e. The van der Waals surface area contributed by atoms with Crippen molar-refractivity contribution in [3.63, 3.8) is 0 Å². The maximum Gasteiger partial charge on any atom is 0.305 e. The highest BCUT2D eigenvalue weighted by molar-refractivity contribution is 5.79. The van der Waals surface area contributed by atoms with E-state index in [0.29, 0.717) is 32.6 Å². The van der Waals surface area contributed by atoms with E-state index in [2.05, 4.69) is 10.1 Å². The van der Waals surface area contributed by atoms with Crippen LogP contribution < -0.4 is 5.32 Å². The Morgan fingerprint density at radius 1 is 1.44 bits per heavy atom. The average molecular weight is 258 g/mol. The van der Waals surface area contributed by atoms with Gasteiger partial charge in [0.15, 0.2) is 0 Å². The first-order chi connectivity index (χ1) is 8.60. The molecule has 1 amide bonds. The van der Waals surface area contributed by atoms with Gasteiger partial charge in [0.05, 0.1) is 26.2 Å². The van der Waals surface area contributed by atoms with Gasteiger partial charge in [-0.1, -0.05) is 0 Å². The maximum absolute atomic E-state index is 12.1. The molecule has 1 saturated heterocycles. The van der Waals surface area contributed by atoms with Crippen molar-refractivity contribution in [1.29, 1.82) is 0 Å². The first-order valence-electron chi connectivity index (χ1n) is 6.17. The summed E-state index contributed by atoms with van der Waals surface area (Å²) in [6.07, 6.45) is 0.956. The van der Waals surface area contributed by atoms with Crippen LogP contribution in [0.3, 0.4) is 0 Å². The summed E-state index contributed by atoms with van der Waals surface area (Å²) in [5.41, 5.74) is 0. The van der Waals surface area contributed by atoms with Gasteiger partial charge in [0.2, 0.25) is 5.91 Å². The summed E-state index contributed by atoms with van der Waals surface area (Å²) in [7, 11) is 4.95. The van der Waals surface area contributed by atoms with E-state index in [1.807, 2.05) is 7.05 Å². The lowest BCUT2D eigenvalue weighted by Gasteiger charge is -2.23. The molecular weight excluding hydrogens is 236 g/mol. The number of nitrogens with one attached hydrogen (secondary N) is 1. The van der Waals surface area contributed by atoms with Gasteiger partial charge < -0.3 is 19.7 Å². The van der Waals surface area contributed by atoms with Gasteiger partial charge in [-0.2, -0.15) is 0 Å². The summed E-state index contributed by atoms with van der Waals surface area (Å²) in [5.74, 6) is -0.303. The number of esters is 1. The van der Waals surface area contributed by atoms with Crippen LogP contribution in [0.2, 0.25) is 0 Å². The SMILES string of the molecule is CNC1COCC1C(=O)N(C)CCCC(=O)OC. The molecule has 1 aliphatic heterocycles. The van der Waals surface area contributed by atoms with E-state index in [4.69, 9.17) is 4.74 Å². The molecule has 0 aromatic heterocycles. The number of likely N-dealkylation sites (N-methyl/N-ethyl adjacent to an activating group) is 1. The molecule has 6 heteroatoms. The minimum atomic E-state index is -0.242. The maximum atomic E-state index is 12.1. The number of hydrogen-bond donors (Lipinski definition) is 1. The number of amides is 1. The van der Waals surface area contributed by atoms with Gasteiger partial charge in [-0.15, -0.1) is 0 Å². The zero-order valence-corrected chi connectivity index (χ0v) is 11.3. The smallest absolute Gasteiger partial charge is 0.305 e. The number of rotatable bonds is 6. The Kier molecular flexibility index (Phi) is 6.07. The van der Waals surface area contributed by atoms with Crippen LogP contribution in [0.25, 0.3) is 0 Å². The van der Waals surface area contributed by atoms with Crippen molar-refractivity contribution < 1.29 is 19.1 Å². The lowest BCUT2D eigenvalue weighted by molar-refractivity contribution is -0.141. The standard InChI is InChI=1S/C12H22N2O4/c1-13-10-8-18-7-9(10)12(16)14(2)6-4-5-11(15)17-3/h9-10,13H,4-8H2,1-3H3. The van der Waals surface area contributed by atoms with Gasteiger partial charge in [0.25, 0.3) is 0 Å². The summed E-state index contributed by atoms with van der Waals surface area (Å²) >= 11 is 0. The van der Waals surface area contributed by atoms with Crippen LogP contribution in [0.1, 0.15) is 12.8 Å². The Morgan fingerprint density at radius 2 is 2.17 bits per heavy atom. The highest BCUT2D eigenvalue weighted by Gasteiger charge is 2.34. The van der Waals surface area contributed by atoms with Gasteiger partial charge in [-0.05, 0) is 13.5 Å². The van der Waals surface area contributed by atoms with Crippen molar-refractivity contribution in [2.75, 3.05) is 41.0 Å². The van der Waals surface area contributed by atoms with Crippen molar-refractivity contribution in [2.24, 2.45) is 5.92 Å². The van der Waals surface area contributed by atoms with Crippen LogP contribution in [-0.4, -0.2) is 63.8 Å². The van der Waals surface area contributed by atoms with Crippen molar-refractivity contribution in [2.45, 2.75) is 18.9 Å². The third-order valence-electron chi connectivity index (χ3n) is 3.25. The Hall–Kier alpha value is -1.14. The molecule has 6 nitrogen and oxygen atoms in total. The van der Waals surface area contributed by atoms with Gasteiger partial charge >= 0.3 is 5.97 Å². The molecule has 0 bridgehead atoms. The normalized spacial score (nSPS) is 22.8. The molecule has 0 aromatic rings. The third-order valence-corrected chi connectivity index (χ3v) is 3.25. The minimum absolute atomic E-state index is 0.0664. The Balaban J connectivity index is 2.34. The van der Waals surface area contributed by atoms with Gasteiger partial charge in [-0.3, -0.25) is 9.59 Å². The van der Waals surface area contributed by atoms with E-state index in [1.54, 1.807) is 11.9 Å². The predicted octanol–water partition coefficient (Wildman–Crippen LogP) is -0.368. The Bertz CT molecular complexity index is 296. The molecule has 18 heavy (non-hydrogen) atoms. The second-order valence-electron chi connectivity index (χ2n) is 4.48. The topological polar surface area (TPSA) is 67.9 Å². The van der Waals surface area contributed by atoms with Crippen molar-refractivity contribution in [3.05, 3.63) is 0 Å². The summed E-state index contributed by atoms with van der Waals surface area (Å²) in [6.45, 7) is 1.59. The predicted molar refractivity (Wildman–Crippen MR) is 66.0 cm³/mol. The molecule has 0 aliphatic carbocycles. The van der Waals surface area contributed by atoms with E-state index in [1.165, 1.54) is 7.11 Å². The molecule has 2 unspecified atom stereocenters. The highest BCUT2D eigenvalue weighted by Crippen LogP contribution is 2.16. The van der Waals surface area contributed by atoms with E-state index in [-0.39, 0.29) is 23.8 Å². The van der Waals surface area contributed by atoms with Crippen LogP contribution in [-0.2, 0) is 19.1 Å². The molecule has 1 heterocycles. The fraction of sp³-hybridized carbons (Fsp3) is 0.833. The molecule has 1 N–H and O–H groups in total. The number of ether oxygens (including phenoxy) is 2. The molecule has 104 valence electrons. The zero-order chi connectivity index (χ0) is 13.5. The summed E-state index contributed by atoms with van der Waals surface area (Å²) < 4.78 is 9.86. The molecule has 1 aliphatic rings. The van der Waals surface area contributed by atoms with Crippen LogP contribution in [0.4, 0.5) is 0 Å².